The molecule has 146 valence electrons. The molecule has 0 saturated heterocycles. The van der Waals surface area contributed by atoms with Crippen molar-refractivity contribution in [1.82, 2.24) is 0 Å². The van der Waals surface area contributed by atoms with Crippen molar-refractivity contribution in [2.75, 3.05) is 0 Å². The van der Waals surface area contributed by atoms with Crippen molar-refractivity contribution in [3.63, 3.8) is 0 Å². The molecule has 0 aliphatic heterocycles. The van der Waals surface area contributed by atoms with Gasteiger partial charge in [-0.25, -0.2) is 0 Å². The molecular formula is C22H29NO4. The zero-order valence-corrected chi connectivity index (χ0v) is 16.3. The van der Waals surface area contributed by atoms with E-state index in [1.54, 1.807) is 6.08 Å². The highest BCUT2D eigenvalue weighted by molar-refractivity contribution is 6.36. The van der Waals surface area contributed by atoms with Gasteiger partial charge in [0.15, 0.2) is 5.78 Å². The van der Waals surface area contributed by atoms with E-state index in [4.69, 9.17) is 5.73 Å². The molecule has 4 aliphatic carbocycles. The van der Waals surface area contributed by atoms with Gasteiger partial charge in [0, 0.05) is 12.0 Å². The summed E-state index contributed by atoms with van der Waals surface area (Å²) in [6.07, 6.45) is 7.53. The Morgan fingerprint density at radius 2 is 1.89 bits per heavy atom. The van der Waals surface area contributed by atoms with Crippen LogP contribution in [0.1, 0.15) is 52.9 Å². The van der Waals surface area contributed by atoms with E-state index in [9.17, 15) is 19.5 Å². The topological polar surface area (TPSA) is 97.5 Å². The van der Waals surface area contributed by atoms with E-state index in [0.29, 0.717) is 11.8 Å². The number of aliphatic hydroxyl groups excluding tert-OH is 1. The summed E-state index contributed by atoms with van der Waals surface area (Å²) in [5.41, 5.74) is 5.64. The maximum atomic E-state index is 12.9. The number of hydrogen-bond donors (Lipinski definition) is 2. The second kappa shape index (κ2) is 5.79. The van der Waals surface area contributed by atoms with Gasteiger partial charge in [-0.2, -0.15) is 0 Å². The number of nitrogens with two attached hydrogens (primary N) is 1. The van der Waals surface area contributed by atoms with Crippen LogP contribution < -0.4 is 5.73 Å². The summed E-state index contributed by atoms with van der Waals surface area (Å²) < 4.78 is 0. The zero-order chi connectivity index (χ0) is 19.7. The van der Waals surface area contributed by atoms with Crippen molar-refractivity contribution in [2.45, 2.75) is 52.9 Å². The number of aliphatic hydroxyl groups is 1. The van der Waals surface area contributed by atoms with Crippen molar-refractivity contribution in [2.24, 2.45) is 46.2 Å². The molecule has 1 amide bonds. The number of carbonyl (C=O) groups is 3. The molecule has 0 heterocycles. The predicted octanol–water partition coefficient (Wildman–Crippen LogP) is 3.10. The summed E-state index contributed by atoms with van der Waals surface area (Å²) in [4.78, 5) is 37.1. The summed E-state index contributed by atoms with van der Waals surface area (Å²) in [6.45, 7) is 6.26. The Bertz CT molecular complexity index is 796. The van der Waals surface area contributed by atoms with Gasteiger partial charge < -0.3 is 10.8 Å². The normalized spacial score (nSPS) is 45.9. The van der Waals surface area contributed by atoms with Gasteiger partial charge in [-0.1, -0.05) is 19.4 Å². The summed E-state index contributed by atoms with van der Waals surface area (Å²) >= 11 is 0. The zero-order valence-electron chi connectivity index (χ0n) is 16.3. The Morgan fingerprint density at radius 1 is 1.19 bits per heavy atom. The van der Waals surface area contributed by atoms with Crippen molar-refractivity contribution in [1.29, 1.82) is 0 Å². The van der Waals surface area contributed by atoms with Gasteiger partial charge in [0.05, 0.1) is 5.41 Å². The van der Waals surface area contributed by atoms with E-state index in [1.807, 2.05) is 6.92 Å². The number of allylic oxidation sites excluding steroid dienone is 3. The third-order valence-corrected chi connectivity index (χ3v) is 8.57. The predicted molar refractivity (Wildman–Crippen MR) is 100 cm³/mol. The van der Waals surface area contributed by atoms with Gasteiger partial charge in [-0.05, 0) is 74.2 Å². The van der Waals surface area contributed by atoms with Gasteiger partial charge in [-0.15, -0.1) is 0 Å². The molecule has 4 rings (SSSR count). The van der Waals surface area contributed by atoms with Crippen molar-refractivity contribution >= 4 is 17.5 Å². The number of primary amides is 1. The van der Waals surface area contributed by atoms with E-state index in [2.05, 4.69) is 13.8 Å². The molecule has 0 aromatic carbocycles. The van der Waals surface area contributed by atoms with E-state index in [-0.39, 0.29) is 34.7 Å². The molecule has 0 aromatic rings. The van der Waals surface area contributed by atoms with Crippen LogP contribution in [-0.4, -0.2) is 22.6 Å². The van der Waals surface area contributed by atoms with Crippen LogP contribution in [0.5, 0.6) is 0 Å². The van der Waals surface area contributed by atoms with E-state index < -0.39 is 17.1 Å². The molecule has 3 saturated carbocycles. The quantitative estimate of drug-likeness (QED) is 0.729. The average Bonchev–Trinajstić information content (AvgIpc) is 2.86. The van der Waals surface area contributed by atoms with Crippen LogP contribution in [0.25, 0.3) is 0 Å². The van der Waals surface area contributed by atoms with E-state index >= 15 is 0 Å². The fraction of sp³-hybridized carbons (Fsp3) is 0.682. The Labute approximate surface area is 160 Å². The second-order valence-corrected chi connectivity index (χ2v) is 9.68. The second-order valence-electron chi connectivity index (χ2n) is 9.68. The lowest BCUT2D eigenvalue weighted by atomic mass is 9.47. The average molecular weight is 371 g/mol. The Kier molecular flexibility index (Phi) is 3.96. The molecule has 5 heteroatoms. The lowest BCUT2D eigenvalue weighted by Gasteiger charge is -2.56. The number of amides is 1. The summed E-state index contributed by atoms with van der Waals surface area (Å²) in [5.74, 6) is -0.440. The van der Waals surface area contributed by atoms with Crippen LogP contribution in [-0.2, 0) is 14.4 Å². The van der Waals surface area contributed by atoms with Crippen molar-refractivity contribution < 1.29 is 19.5 Å². The van der Waals surface area contributed by atoms with Crippen LogP contribution in [0.4, 0.5) is 0 Å². The number of fused-ring (bicyclic) bond motifs is 5. The molecule has 27 heavy (non-hydrogen) atoms. The van der Waals surface area contributed by atoms with Crippen LogP contribution in [0.2, 0.25) is 0 Å². The summed E-state index contributed by atoms with van der Waals surface area (Å²) in [7, 11) is 0. The minimum absolute atomic E-state index is 0.00612. The van der Waals surface area contributed by atoms with Crippen LogP contribution in [0.15, 0.2) is 23.5 Å². The van der Waals surface area contributed by atoms with Gasteiger partial charge in [0.2, 0.25) is 5.78 Å². The first-order valence-electron chi connectivity index (χ1n) is 10.1. The third-order valence-electron chi connectivity index (χ3n) is 8.57. The molecule has 0 spiro atoms. The van der Waals surface area contributed by atoms with Crippen LogP contribution in [0.3, 0.4) is 0 Å². The van der Waals surface area contributed by atoms with Gasteiger partial charge in [-0.3, -0.25) is 14.4 Å². The smallest absolute Gasteiger partial charge is 0.285 e. The van der Waals surface area contributed by atoms with Gasteiger partial charge >= 0.3 is 0 Å². The molecule has 5 nitrogen and oxygen atoms in total. The summed E-state index contributed by atoms with van der Waals surface area (Å²) in [6, 6.07) is 0. The molecule has 3 fully saturated rings. The van der Waals surface area contributed by atoms with Crippen molar-refractivity contribution in [3.05, 3.63) is 23.5 Å². The molecule has 0 aromatic heterocycles. The number of rotatable bonds is 2. The Morgan fingerprint density at radius 3 is 2.56 bits per heavy atom. The highest BCUT2D eigenvalue weighted by Gasteiger charge is 2.63. The molecule has 4 aliphatic rings. The standard InChI is InChI=1S/C22H29NO4/c1-11-8-16-14-5-4-12-9-13(24)10-17(25)22(12,3)15(14)6-7-21(16,2)18(11)19(26)20(23)27/h9-11,14-16,18,24H,4-8H2,1-3H3,(H2,23,27)/t11-,14-,15+,16+,18-,21+,22+/m1/s1. The molecule has 0 radical (unpaired) electrons. The first-order valence-corrected chi connectivity index (χ1v) is 10.1. The minimum atomic E-state index is -0.820. The molecule has 0 unspecified atom stereocenters. The number of Topliss-reactive ketones (excluding diaryl/α,β-unsaturated/α-hetero) is 1. The van der Waals surface area contributed by atoms with Crippen LogP contribution >= 0.6 is 0 Å². The highest BCUT2D eigenvalue weighted by Crippen LogP contribution is 2.67. The number of hydrogen-bond acceptors (Lipinski definition) is 4. The number of carbonyl (C=O) groups excluding carboxylic acids is 3. The molecule has 3 N–H and O–H groups in total. The van der Waals surface area contributed by atoms with E-state index in [0.717, 1.165) is 37.7 Å². The molecule has 0 bridgehead atoms. The molecule has 7 atom stereocenters. The first-order chi connectivity index (χ1) is 12.6. The summed E-state index contributed by atoms with van der Waals surface area (Å²) in [5, 5.41) is 9.89. The maximum absolute atomic E-state index is 12.9. The molecular weight excluding hydrogens is 342 g/mol. The van der Waals surface area contributed by atoms with Crippen molar-refractivity contribution in [3.8, 4) is 0 Å². The third kappa shape index (κ3) is 2.33. The first kappa shape index (κ1) is 18.5. The maximum Gasteiger partial charge on any atom is 0.285 e. The monoisotopic (exact) mass is 371 g/mol. The largest absolute Gasteiger partial charge is 0.508 e. The lowest BCUT2D eigenvalue weighted by molar-refractivity contribution is -0.144. The van der Waals surface area contributed by atoms with Gasteiger partial charge in [0.25, 0.3) is 5.91 Å². The van der Waals surface area contributed by atoms with Crippen LogP contribution in [0, 0.1) is 40.4 Å². The lowest BCUT2D eigenvalue weighted by Crippen LogP contribution is -2.53. The fourth-order valence-electron chi connectivity index (χ4n) is 7.37. The van der Waals surface area contributed by atoms with Gasteiger partial charge in [0.1, 0.15) is 5.76 Å². The SMILES string of the molecule is C[C@@H]1C[C@H]2[C@@H]3CCC4=CC(O)=CC(=O)[C@]4(C)[C@H]3CC[C@]2(C)[C@H]1C(=O)C(N)=O. The highest BCUT2D eigenvalue weighted by atomic mass is 16.3. The minimum Gasteiger partial charge on any atom is -0.508 e. The Hall–Kier alpha value is -1.91. The van der Waals surface area contributed by atoms with E-state index in [1.165, 1.54) is 6.08 Å². The number of ketones is 2. The Balaban J connectivity index is 1.71. The fourth-order valence-corrected chi connectivity index (χ4v) is 7.37.